The quantitative estimate of drug-likeness (QED) is 0.336. The van der Waals surface area contributed by atoms with E-state index < -0.39 is 0 Å². The molecule has 0 amide bonds. The summed E-state index contributed by atoms with van der Waals surface area (Å²) in [6, 6.07) is 2.69. The first kappa shape index (κ1) is 10.2. The van der Waals surface area contributed by atoms with Gasteiger partial charge in [-0.1, -0.05) is 11.6 Å². The molecule has 0 aliphatic carbocycles. The van der Waals surface area contributed by atoms with Crippen LogP contribution in [0.15, 0.2) is 12.1 Å². The van der Waals surface area contributed by atoms with Crippen LogP contribution in [0.5, 0.6) is 11.5 Å². The van der Waals surface area contributed by atoms with Gasteiger partial charge in [0, 0.05) is 0 Å². The van der Waals surface area contributed by atoms with Gasteiger partial charge in [-0.3, -0.25) is 0 Å². The molecule has 3 nitrogen and oxygen atoms in total. The van der Waals surface area contributed by atoms with Crippen LogP contribution in [0.25, 0.3) is 0 Å². The van der Waals surface area contributed by atoms with Gasteiger partial charge in [0.2, 0.25) is 0 Å². The molecule has 0 fully saturated rings. The van der Waals surface area contributed by atoms with Crippen LogP contribution in [-0.2, 0) is 0 Å². The number of aromatic hydroxyl groups is 2. The van der Waals surface area contributed by atoms with Crippen LogP contribution in [0.4, 0.5) is 5.69 Å². The Morgan fingerprint density at radius 3 is 2.27 bits per heavy atom. The minimum atomic E-state index is -0.276. The van der Waals surface area contributed by atoms with Crippen LogP contribution in [0.3, 0.4) is 0 Å². The second-order valence-corrected chi connectivity index (χ2v) is 2.21. The summed E-state index contributed by atoms with van der Waals surface area (Å²) in [4.78, 5) is 0. The summed E-state index contributed by atoms with van der Waals surface area (Å²) in [5, 5.41) is 17.7. The average Bonchev–Trinajstić information content (AvgIpc) is 1.93. The number of rotatable bonds is 0. The van der Waals surface area contributed by atoms with Crippen LogP contribution in [-0.4, -0.2) is 10.2 Å². The molecule has 0 atom stereocenters. The predicted molar refractivity (Wildman–Crippen MR) is 46.4 cm³/mol. The maximum Gasteiger partial charge on any atom is 0.161 e. The summed E-state index contributed by atoms with van der Waals surface area (Å²) >= 11 is 5.40. The van der Waals surface area contributed by atoms with E-state index in [4.69, 9.17) is 27.5 Å². The maximum absolute atomic E-state index is 8.97. The molecule has 0 aromatic heterocycles. The van der Waals surface area contributed by atoms with Crippen molar-refractivity contribution in [2.75, 3.05) is 5.73 Å². The fourth-order valence-electron chi connectivity index (χ4n) is 0.569. The van der Waals surface area contributed by atoms with E-state index in [1.54, 1.807) is 0 Å². The zero-order chi connectivity index (χ0) is 7.72. The Bertz CT molecular complexity index is 238. The van der Waals surface area contributed by atoms with Crippen molar-refractivity contribution < 1.29 is 10.2 Å². The molecule has 11 heavy (non-hydrogen) atoms. The topological polar surface area (TPSA) is 66.5 Å². The van der Waals surface area contributed by atoms with Gasteiger partial charge in [-0.05, 0) is 12.1 Å². The van der Waals surface area contributed by atoms with Crippen LogP contribution < -0.4 is 5.73 Å². The number of halogens is 2. The Kier molecular flexibility index (Phi) is 3.29. The first-order valence-electron chi connectivity index (χ1n) is 2.59. The first-order chi connectivity index (χ1) is 4.63. The maximum atomic E-state index is 8.97. The van der Waals surface area contributed by atoms with E-state index in [1.807, 2.05) is 0 Å². The Morgan fingerprint density at radius 2 is 1.82 bits per heavy atom. The molecular weight excluding hydrogens is 189 g/mol. The fourth-order valence-corrected chi connectivity index (χ4v) is 0.741. The zero-order valence-corrected chi connectivity index (χ0v) is 6.99. The number of nitrogens with two attached hydrogens (primary N) is 1. The SMILES string of the molecule is Cl.Nc1ccc(O)c(Cl)c1O. The zero-order valence-electron chi connectivity index (χ0n) is 5.41. The summed E-state index contributed by atoms with van der Waals surface area (Å²) in [6.45, 7) is 0. The number of nitrogen functional groups attached to an aromatic ring is 1. The minimum Gasteiger partial charge on any atom is -0.506 e. The van der Waals surface area contributed by atoms with Crippen LogP contribution in [0, 0.1) is 0 Å². The molecule has 0 aliphatic rings. The second kappa shape index (κ2) is 3.55. The van der Waals surface area contributed by atoms with E-state index in [0.29, 0.717) is 0 Å². The lowest BCUT2D eigenvalue weighted by Gasteiger charge is -2.01. The average molecular weight is 196 g/mol. The molecule has 1 rings (SSSR count). The van der Waals surface area contributed by atoms with E-state index in [9.17, 15) is 0 Å². The molecule has 0 spiro atoms. The minimum absolute atomic E-state index is 0. The highest BCUT2D eigenvalue weighted by Gasteiger charge is 2.06. The number of phenolic OH excluding ortho intramolecular Hbond substituents is 2. The van der Waals surface area contributed by atoms with Gasteiger partial charge < -0.3 is 15.9 Å². The van der Waals surface area contributed by atoms with Gasteiger partial charge in [0.15, 0.2) is 5.75 Å². The smallest absolute Gasteiger partial charge is 0.161 e. The summed E-state index contributed by atoms with van der Waals surface area (Å²) in [6.07, 6.45) is 0. The van der Waals surface area contributed by atoms with Crippen molar-refractivity contribution in [2.45, 2.75) is 0 Å². The number of benzene rings is 1. The Hall–Kier alpha value is -0.800. The van der Waals surface area contributed by atoms with Crippen molar-refractivity contribution in [3.05, 3.63) is 17.2 Å². The summed E-state index contributed by atoms with van der Waals surface area (Å²) in [5.41, 5.74) is 5.40. The van der Waals surface area contributed by atoms with Crippen molar-refractivity contribution in [2.24, 2.45) is 0 Å². The number of hydrogen-bond acceptors (Lipinski definition) is 3. The fraction of sp³-hybridized carbons (Fsp3) is 0. The molecule has 5 heteroatoms. The van der Waals surface area contributed by atoms with Gasteiger partial charge in [-0.2, -0.15) is 0 Å². The summed E-state index contributed by atoms with van der Waals surface area (Å²) in [7, 11) is 0. The molecule has 0 saturated heterocycles. The van der Waals surface area contributed by atoms with Crippen molar-refractivity contribution in [3.8, 4) is 11.5 Å². The third-order valence-electron chi connectivity index (χ3n) is 1.13. The van der Waals surface area contributed by atoms with E-state index in [1.165, 1.54) is 12.1 Å². The second-order valence-electron chi connectivity index (χ2n) is 1.84. The Morgan fingerprint density at radius 1 is 1.27 bits per heavy atom. The lowest BCUT2D eigenvalue weighted by molar-refractivity contribution is 0.453. The summed E-state index contributed by atoms with van der Waals surface area (Å²) < 4.78 is 0. The normalized spacial score (nSPS) is 8.82. The highest BCUT2D eigenvalue weighted by atomic mass is 35.5. The summed E-state index contributed by atoms with van der Waals surface area (Å²) in [5.74, 6) is -0.449. The lowest BCUT2D eigenvalue weighted by Crippen LogP contribution is -1.84. The van der Waals surface area contributed by atoms with E-state index in [2.05, 4.69) is 0 Å². The highest BCUT2D eigenvalue weighted by molar-refractivity contribution is 6.33. The lowest BCUT2D eigenvalue weighted by atomic mass is 10.3. The molecule has 62 valence electrons. The number of hydrogen-bond donors (Lipinski definition) is 3. The van der Waals surface area contributed by atoms with Crippen molar-refractivity contribution in [3.63, 3.8) is 0 Å². The van der Waals surface area contributed by atoms with E-state index >= 15 is 0 Å². The van der Waals surface area contributed by atoms with Crippen LogP contribution in [0.1, 0.15) is 0 Å². The molecule has 0 unspecified atom stereocenters. The number of anilines is 1. The number of phenols is 2. The van der Waals surface area contributed by atoms with Crippen molar-refractivity contribution in [1.82, 2.24) is 0 Å². The first-order valence-corrected chi connectivity index (χ1v) is 2.96. The van der Waals surface area contributed by atoms with Gasteiger partial charge in [0.25, 0.3) is 0 Å². The predicted octanol–water partition coefficient (Wildman–Crippen LogP) is 1.76. The molecule has 0 radical (unpaired) electrons. The molecule has 1 aromatic rings. The third-order valence-corrected chi connectivity index (χ3v) is 1.50. The van der Waals surface area contributed by atoms with Crippen LogP contribution >= 0.6 is 24.0 Å². The monoisotopic (exact) mass is 195 g/mol. The Balaban J connectivity index is 0.000001000. The largest absolute Gasteiger partial charge is 0.506 e. The molecule has 0 bridgehead atoms. The van der Waals surface area contributed by atoms with Gasteiger partial charge in [0.1, 0.15) is 10.8 Å². The highest BCUT2D eigenvalue weighted by Crippen LogP contribution is 2.36. The van der Waals surface area contributed by atoms with Crippen LogP contribution in [0.2, 0.25) is 5.02 Å². The van der Waals surface area contributed by atoms with Crippen molar-refractivity contribution in [1.29, 1.82) is 0 Å². The van der Waals surface area contributed by atoms with E-state index in [-0.39, 0.29) is 34.6 Å². The molecule has 1 aromatic carbocycles. The third kappa shape index (κ3) is 1.82. The molecular formula is C6H7Cl2NO2. The van der Waals surface area contributed by atoms with Gasteiger partial charge in [0.05, 0.1) is 5.69 Å². The molecule has 0 heterocycles. The molecule has 0 saturated carbocycles. The van der Waals surface area contributed by atoms with Gasteiger partial charge in [-0.25, -0.2) is 0 Å². The van der Waals surface area contributed by atoms with E-state index in [0.717, 1.165) is 0 Å². The Labute approximate surface area is 74.8 Å². The van der Waals surface area contributed by atoms with Gasteiger partial charge >= 0.3 is 0 Å². The molecule has 0 aliphatic heterocycles. The standard InChI is InChI=1S/C6H6ClNO2.ClH/c7-5-4(9)2-1-3(8)6(5)10;/h1-2,9-10H,8H2;1H. The van der Waals surface area contributed by atoms with Crippen molar-refractivity contribution >= 4 is 29.7 Å². The molecule has 4 N–H and O–H groups in total. The van der Waals surface area contributed by atoms with Gasteiger partial charge in [-0.15, -0.1) is 12.4 Å².